The van der Waals surface area contributed by atoms with Crippen LogP contribution in [0.25, 0.3) is 0 Å². The Morgan fingerprint density at radius 3 is 2.67 bits per heavy atom. The number of rotatable bonds is 3. The molecule has 0 radical (unpaired) electrons. The van der Waals surface area contributed by atoms with Gasteiger partial charge in [0, 0.05) is 10.0 Å². The first-order valence-corrected chi connectivity index (χ1v) is 7.29. The van der Waals surface area contributed by atoms with Crippen LogP contribution < -0.4 is 5.73 Å². The molecule has 0 spiro atoms. The monoisotopic (exact) mass is 391 g/mol. The van der Waals surface area contributed by atoms with E-state index in [1.807, 2.05) is 0 Å². The van der Waals surface area contributed by atoms with Crippen molar-refractivity contribution in [3.63, 3.8) is 0 Å². The predicted octanol–water partition coefficient (Wildman–Crippen LogP) is 4.83. The number of nitrogen functional groups attached to an aromatic ring is 1. The second-order valence-electron chi connectivity index (χ2n) is 4.17. The number of halogens is 4. The summed E-state index contributed by atoms with van der Waals surface area (Å²) in [6.45, 7) is -0.204. The molecule has 2 aromatic rings. The van der Waals surface area contributed by atoms with Crippen molar-refractivity contribution in [2.75, 3.05) is 5.73 Å². The van der Waals surface area contributed by atoms with E-state index in [9.17, 15) is 9.18 Å². The van der Waals surface area contributed by atoms with Gasteiger partial charge in [0.1, 0.15) is 12.4 Å². The Morgan fingerprint density at radius 2 is 2.00 bits per heavy atom. The van der Waals surface area contributed by atoms with Crippen LogP contribution in [0, 0.1) is 5.82 Å². The van der Waals surface area contributed by atoms with E-state index in [-0.39, 0.29) is 33.5 Å². The third kappa shape index (κ3) is 3.87. The highest BCUT2D eigenvalue weighted by Crippen LogP contribution is 2.29. The zero-order valence-corrected chi connectivity index (χ0v) is 13.6. The van der Waals surface area contributed by atoms with E-state index in [0.717, 1.165) is 0 Å². The topological polar surface area (TPSA) is 52.3 Å². The van der Waals surface area contributed by atoms with Gasteiger partial charge in [-0.3, -0.25) is 0 Å². The summed E-state index contributed by atoms with van der Waals surface area (Å²) in [6.07, 6.45) is 0. The predicted molar refractivity (Wildman–Crippen MR) is 84.1 cm³/mol. The fourth-order valence-electron chi connectivity index (χ4n) is 1.61. The molecule has 0 saturated carbocycles. The lowest BCUT2D eigenvalue weighted by Crippen LogP contribution is -2.07. The van der Waals surface area contributed by atoms with Crippen LogP contribution in [0.1, 0.15) is 15.9 Å². The second-order valence-corrected chi connectivity index (χ2v) is 5.87. The summed E-state index contributed by atoms with van der Waals surface area (Å²) in [5.74, 6) is -1.13. The molecule has 0 saturated heterocycles. The number of nitrogens with two attached hydrogens (primary N) is 1. The third-order valence-electron chi connectivity index (χ3n) is 2.66. The van der Waals surface area contributed by atoms with E-state index in [0.29, 0.717) is 4.47 Å². The number of ether oxygens (including phenoxy) is 1. The Bertz CT molecular complexity index is 686. The fraction of sp³-hybridized carbons (Fsp3) is 0.0714. The molecule has 0 aliphatic heterocycles. The van der Waals surface area contributed by atoms with Gasteiger partial charge in [0.15, 0.2) is 0 Å². The Kier molecular flexibility index (Phi) is 5.08. The minimum absolute atomic E-state index is 0.150. The van der Waals surface area contributed by atoms with Crippen molar-refractivity contribution < 1.29 is 13.9 Å². The average Bonchev–Trinajstić information content (AvgIpc) is 2.44. The first-order valence-electron chi connectivity index (χ1n) is 5.74. The number of hydrogen-bond donors (Lipinski definition) is 1. The zero-order chi connectivity index (χ0) is 15.6. The van der Waals surface area contributed by atoms with Crippen molar-refractivity contribution in [1.29, 1.82) is 0 Å². The van der Waals surface area contributed by atoms with E-state index >= 15 is 0 Å². The molecule has 0 aliphatic carbocycles. The molecule has 0 heterocycles. The lowest BCUT2D eigenvalue weighted by molar-refractivity contribution is 0.0469. The minimum Gasteiger partial charge on any atom is -0.457 e. The van der Waals surface area contributed by atoms with Crippen molar-refractivity contribution >= 4 is 50.8 Å². The van der Waals surface area contributed by atoms with Gasteiger partial charge in [0.2, 0.25) is 0 Å². The van der Waals surface area contributed by atoms with Gasteiger partial charge in [-0.15, -0.1) is 0 Å². The molecular formula is C14H9BrCl2FNO2. The van der Waals surface area contributed by atoms with Crippen molar-refractivity contribution in [3.05, 3.63) is 61.8 Å². The van der Waals surface area contributed by atoms with Crippen molar-refractivity contribution in [3.8, 4) is 0 Å². The number of carbonyl (C=O) groups excluding carboxylic acids is 1. The Labute approximate surface area is 138 Å². The third-order valence-corrected chi connectivity index (χ3v) is 3.97. The van der Waals surface area contributed by atoms with Gasteiger partial charge in [0.05, 0.1) is 21.3 Å². The van der Waals surface area contributed by atoms with Gasteiger partial charge in [-0.05, 0) is 30.3 Å². The van der Waals surface area contributed by atoms with E-state index in [2.05, 4.69) is 15.9 Å². The quantitative estimate of drug-likeness (QED) is 0.600. The zero-order valence-electron chi connectivity index (χ0n) is 10.5. The van der Waals surface area contributed by atoms with Crippen LogP contribution in [0.2, 0.25) is 10.0 Å². The SMILES string of the molecule is Nc1cc(C(=O)OCc2cc(Br)ccc2F)cc(Cl)c1Cl. The summed E-state index contributed by atoms with van der Waals surface area (Å²) < 4.78 is 19.3. The number of esters is 1. The van der Waals surface area contributed by atoms with Crippen LogP contribution in [0.15, 0.2) is 34.8 Å². The van der Waals surface area contributed by atoms with Crippen LogP contribution >= 0.6 is 39.1 Å². The maximum absolute atomic E-state index is 13.5. The van der Waals surface area contributed by atoms with Crippen LogP contribution in [-0.2, 0) is 11.3 Å². The number of benzene rings is 2. The van der Waals surface area contributed by atoms with Crippen molar-refractivity contribution in [2.24, 2.45) is 0 Å². The first-order chi connectivity index (χ1) is 9.88. The maximum atomic E-state index is 13.5. The van der Waals surface area contributed by atoms with Crippen LogP contribution in [-0.4, -0.2) is 5.97 Å². The van der Waals surface area contributed by atoms with Gasteiger partial charge in [0.25, 0.3) is 0 Å². The van der Waals surface area contributed by atoms with Gasteiger partial charge in [-0.1, -0.05) is 39.1 Å². The maximum Gasteiger partial charge on any atom is 0.338 e. The lowest BCUT2D eigenvalue weighted by atomic mass is 10.2. The molecule has 0 atom stereocenters. The van der Waals surface area contributed by atoms with E-state index in [1.165, 1.54) is 24.3 Å². The van der Waals surface area contributed by atoms with Gasteiger partial charge < -0.3 is 10.5 Å². The van der Waals surface area contributed by atoms with Gasteiger partial charge >= 0.3 is 5.97 Å². The molecule has 2 aromatic carbocycles. The molecule has 0 bridgehead atoms. The molecule has 2 rings (SSSR count). The number of anilines is 1. The number of hydrogen-bond acceptors (Lipinski definition) is 3. The summed E-state index contributed by atoms with van der Waals surface area (Å²) in [6, 6.07) is 7.07. The summed E-state index contributed by atoms with van der Waals surface area (Å²) in [7, 11) is 0. The van der Waals surface area contributed by atoms with Crippen molar-refractivity contribution in [1.82, 2.24) is 0 Å². The first kappa shape index (κ1) is 16.1. The van der Waals surface area contributed by atoms with Crippen LogP contribution in [0.4, 0.5) is 10.1 Å². The molecule has 3 nitrogen and oxygen atoms in total. The normalized spacial score (nSPS) is 10.5. The molecule has 0 aromatic heterocycles. The highest BCUT2D eigenvalue weighted by molar-refractivity contribution is 9.10. The van der Waals surface area contributed by atoms with E-state index in [1.54, 1.807) is 6.07 Å². The highest BCUT2D eigenvalue weighted by atomic mass is 79.9. The van der Waals surface area contributed by atoms with Crippen LogP contribution in [0.5, 0.6) is 0 Å². The fourth-order valence-corrected chi connectivity index (χ4v) is 2.35. The molecule has 0 amide bonds. The minimum atomic E-state index is -0.667. The Balaban J connectivity index is 2.13. The summed E-state index contributed by atoms with van der Waals surface area (Å²) in [5.41, 5.74) is 6.20. The summed E-state index contributed by atoms with van der Waals surface area (Å²) in [4.78, 5) is 11.9. The Hall–Kier alpha value is -1.30. The molecule has 110 valence electrons. The van der Waals surface area contributed by atoms with Gasteiger partial charge in [-0.2, -0.15) is 0 Å². The summed E-state index contributed by atoms with van der Waals surface area (Å²) >= 11 is 14.9. The van der Waals surface area contributed by atoms with E-state index < -0.39 is 11.8 Å². The van der Waals surface area contributed by atoms with Gasteiger partial charge in [-0.25, -0.2) is 9.18 Å². The molecular weight excluding hydrogens is 384 g/mol. The Morgan fingerprint density at radius 1 is 1.29 bits per heavy atom. The molecule has 0 fully saturated rings. The second kappa shape index (κ2) is 6.64. The lowest BCUT2D eigenvalue weighted by Gasteiger charge is -2.08. The molecule has 7 heteroatoms. The molecule has 21 heavy (non-hydrogen) atoms. The molecule has 2 N–H and O–H groups in total. The largest absolute Gasteiger partial charge is 0.457 e. The highest BCUT2D eigenvalue weighted by Gasteiger charge is 2.13. The van der Waals surface area contributed by atoms with E-state index in [4.69, 9.17) is 33.7 Å². The summed E-state index contributed by atoms with van der Waals surface area (Å²) in [5, 5.41) is 0.323. The molecule has 0 unspecified atom stereocenters. The number of carbonyl (C=O) groups is 1. The van der Waals surface area contributed by atoms with Crippen molar-refractivity contribution in [2.45, 2.75) is 6.61 Å². The average molecular weight is 393 g/mol. The smallest absolute Gasteiger partial charge is 0.338 e. The molecule has 0 aliphatic rings. The standard InChI is InChI=1S/C14H9BrCl2FNO2/c15-9-1-2-11(18)8(3-9)6-21-14(20)7-4-10(16)13(17)12(19)5-7/h1-5H,6,19H2. The van der Waals surface area contributed by atoms with Crippen LogP contribution in [0.3, 0.4) is 0 Å².